The standard InChI is InChI=1S/C56H39N3O/c1-56(2)48-24-11-10-20-43(48)44-22-12-23-45(52(44)56)55-58-53(35-14-4-3-5-15-35)57-54(59-55)36-28-26-34(27-29-36)40-21-13-25-50-51(40)47-33-38(30-31-49(47)60-50)46-32-37-16-6-7-17-39(37)41-18-8-9-19-42(41)46/h3-33,47,49H,1-2H3. The zero-order chi connectivity index (χ0) is 40.0. The molecule has 3 aliphatic rings. The Balaban J connectivity index is 0.943. The Labute approximate surface area is 349 Å². The van der Waals surface area contributed by atoms with Crippen LogP contribution in [0.1, 0.15) is 42.0 Å². The lowest BCUT2D eigenvalue weighted by atomic mass is 9.80. The molecule has 0 N–H and O–H groups in total. The lowest BCUT2D eigenvalue weighted by Gasteiger charge is -2.24. The Hall–Kier alpha value is -7.43. The third kappa shape index (κ3) is 5.34. The lowest BCUT2D eigenvalue weighted by molar-refractivity contribution is 0.269. The minimum Gasteiger partial charge on any atom is -0.485 e. The first-order chi connectivity index (χ1) is 29.5. The SMILES string of the molecule is CC1(C)c2ccccc2-c2cccc(-c3nc(-c4ccccc4)nc(-c4ccc(-c5cccc6c5C5C=C(c7cc8ccccc8c8ccccc78)C=CC5O6)cc4)n3)c21. The number of hydrogen-bond acceptors (Lipinski definition) is 4. The van der Waals surface area contributed by atoms with Crippen molar-refractivity contribution in [2.75, 3.05) is 0 Å². The Morgan fingerprint density at radius 1 is 0.483 bits per heavy atom. The van der Waals surface area contributed by atoms with Gasteiger partial charge in [0.05, 0.1) is 0 Å². The summed E-state index contributed by atoms with van der Waals surface area (Å²) in [6, 6.07) is 60.4. The van der Waals surface area contributed by atoms with Crippen LogP contribution < -0.4 is 4.74 Å². The molecule has 2 heterocycles. The van der Waals surface area contributed by atoms with E-state index in [9.17, 15) is 0 Å². The summed E-state index contributed by atoms with van der Waals surface area (Å²) in [5.41, 5.74) is 13.8. The van der Waals surface area contributed by atoms with Crippen LogP contribution in [0.15, 0.2) is 188 Å². The molecule has 0 bridgehead atoms. The van der Waals surface area contributed by atoms with Gasteiger partial charge in [0.2, 0.25) is 0 Å². The number of hydrogen-bond donors (Lipinski definition) is 0. The molecular formula is C56H39N3O. The van der Waals surface area contributed by atoms with Gasteiger partial charge in [-0.05, 0) is 84.3 Å². The van der Waals surface area contributed by atoms with Crippen molar-refractivity contribution >= 4 is 27.1 Å². The van der Waals surface area contributed by atoms with E-state index in [0.717, 1.165) is 28.0 Å². The zero-order valence-electron chi connectivity index (χ0n) is 33.3. The topological polar surface area (TPSA) is 47.9 Å². The predicted octanol–water partition coefficient (Wildman–Crippen LogP) is 13.7. The molecule has 0 fully saturated rings. The highest BCUT2D eigenvalue weighted by Gasteiger charge is 2.38. The van der Waals surface area contributed by atoms with E-state index in [1.165, 1.54) is 66.1 Å². The second-order valence-corrected chi connectivity index (χ2v) is 16.6. The highest BCUT2D eigenvalue weighted by molar-refractivity contribution is 6.12. The molecule has 2 atom stereocenters. The molecule has 1 aromatic heterocycles. The van der Waals surface area contributed by atoms with Crippen molar-refractivity contribution in [1.82, 2.24) is 15.0 Å². The second kappa shape index (κ2) is 13.3. The van der Waals surface area contributed by atoms with Crippen molar-refractivity contribution < 1.29 is 4.74 Å². The normalized spacial score (nSPS) is 16.8. The summed E-state index contributed by atoms with van der Waals surface area (Å²) < 4.78 is 6.63. The van der Waals surface area contributed by atoms with Crippen LogP contribution >= 0.6 is 0 Å². The Bertz CT molecular complexity index is 3270. The Morgan fingerprint density at radius 3 is 1.93 bits per heavy atom. The molecule has 4 nitrogen and oxygen atoms in total. The highest BCUT2D eigenvalue weighted by atomic mass is 16.5. The van der Waals surface area contributed by atoms with E-state index in [2.05, 4.69) is 184 Å². The summed E-state index contributed by atoms with van der Waals surface area (Å²) in [5, 5.41) is 5.05. The largest absolute Gasteiger partial charge is 0.485 e. The third-order valence-electron chi connectivity index (χ3n) is 12.9. The van der Waals surface area contributed by atoms with E-state index in [-0.39, 0.29) is 17.4 Å². The van der Waals surface area contributed by atoms with Gasteiger partial charge in [0.25, 0.3) is 0 Å². The molecular weight excluding hydrogens is 731 g/mol. The van der Waals surface area contributed by atoms with Crippen molar-refractivity contribution in [3.05, 3.63) is 210 Å². The first kappa shape index (κ1) is 34.6. The molecule has 0 amide bonds. The van der Waals surface area contributed by atoms with Crippen molar-refractivity contribution in [2.45, 2.75) is 31.3 Å². The maximum atomic E-state index is 6.63. The molecule has 0 spiro atoms. The van der Waals surface area contributed by atoms with Crippen LogP contribution in [0.5, 0.6) is 5.75 Å². The smallest absolute Gasteiger partial charge is 0.164 e. The molecule has 60 heavy (non-hydrogen) atoms. The van der Waals surface area contributed by atoms with Gasteiger partial charge in [-0.3, -0.25) is 0 Å². The molecule has 284 valence electrons. The Kier molecular flexibility index (Phi) is 7.67. The quantitative estimate of drug-likeness (QED) is 0.164. The molecule has 0 saturated heterocycles. The van der Waals surface area contributed by atoms with Gasteiger partial charge in [-0.2, -0.15) is 0 Å². The third-order valence-corrected chi connectivity index (χ3v) is 12.9. The summed E-state index contributed by atoms with van der Waals surface area (Å²) in [6.45, 7) is 4.61. The summed E-state index contributed by atoms with van der Waals surface area (Å²) in [7, 11) is 0. The number of benzene rings is 8. The average Bonchev–Trinajstić information content (AvgIpc) is 3.80. The Morgan fingerprint density at radius 2 is 1.10 bits per heavy atom. The van der Waals surface area contributed by atoms with Crippen LogP contribution in [0, 0.1) is 0 Å². The predicted molar refractivity (Wildman–Crippen MR) is 245 cm³/mol. The molecule has 9 aromatic rings. The molecule has 1 aliphatic heterocycles. The van der Waals surface area contributed by atoms with Crippen LogP contribution in [-0.2, 0) is 5.41 Å². The maximum absolute atomic E-state index is 6.63. The second-order valence-electron chi connectivity index (χ2n) is 16.6. The van der Waals surface area contributed by atoms with Crippen LogP contribution in [0.4, 0.5) is 0 Å². The monoisotopic (exact) mass is 769 g/mol. The number of aromatic nitrogens is 3. The van der Waals surface area contributed by atoms with Gasteiger partial charge in [0.15, 0.2) is 17.5 Å². The number of fused-ring (bicyclic) bond motifs is 9. The molecule has 2 aliphatic carbocycles. The number of allylic oxidation sites excluding steroid dienone is 2. The number of rotatable bonds is 5. The van der Waals surface area contributed by atoms with Gasteiger partial charge in [-0.1, -0.05) is 184 Å². The zero-order valence-corrected chi connectivity index (χ0v) is 33.3. The van der Waals surface area contributed by atoms with E-state index in [1.54, 1.807) is 0 Å². The van der Waals surface area contributed by atoms with Gasteiger partial charge in [0, 0.05) is 33.6 Å². The van der Waals surface area contributed by atoms with Crippen molar-refractivity contribution in [3.63, 3.8) is 0 Å². The lowest BCUT2D eigenvalue weighted by Crippen LogP contribution is -2.17. The van der Waals surface area contributed by atoms with Gasteiger partial charge < -0.3 is 4.74 Å². The first-order valence-corrected chi connectivity index (χ1v) is 20.8. The van der Waals surface area contributed by atoms with E-state index < -0.39 is 0 Å². The van der Waals surface area contributed by atoms with Crippen LogP contribution in [-0.4, -0.2) is 21.1 Å². The van der Waals surface area contributed by atoms with Gasteiger partial charge in [-0.25, -0.2) is 15.0 Å². The molecule has 12 rings (SSSR count). The van der Waals surface area contributed by atoms with E-state index in [0.29, 0.717) is 17.5 Å². The van der Waals surface area contributed by atoms with E-state index >= 15 is 0 Å². The van der Waals surface area contributed by atoms with Gasteiger partial charge in [-0.15, -0.1) is 0 Å². The van der Waals surface area contributed by atoms with Gasteiger partial charge in [0.1, 0.15) is 11.9 Å². The van der Waals surface area contributed by atoms with Crippen LogP contribution in [0.25, 0.3) is 83.5 Å². The summed E-state index contributed by atoms with van der Waals surface area (Å²) in [5.74, 6) is 2.99. The minimum atomic E-state index is -0.212. The fraction of sp³-hybridized carbons (Fsp3) is 0.0893. The highest BCUT2D eigenvalue weighted by Crippen LogP contribution is 2.52. The van der Waals surface area contributed by atoms with Crippen molar-refractivity contribution in [3.8, 4) is 62.2 Å². The molecule has 2 unspecified atom stereocenters. The fourth-order valence-corrected chi connectivity index (χ4v) is 10.1. The summed E-state index contributed by atoms with van der Waals surface area (Å²) in [6.07, 6.45) is 6.84. The van der Waals surface area contributed by atoms with Crippen molar-refractivity contribution in [2.24, 2.45) is 0 Å². The van der Waals surface area contributed by atoms with Gasteiger partial charge >= 0.3 is 0 Å². The van der Waals surface area contributed by atoms with E-state index in [1.807, 2.05) is 18.2 Å². The molecule has 4 heteroatoms. The summed E-state index contributed by atoms with van der Waals surface area (Å²) in [4.78, 5) is 15.5. The van der Waals surface area contributed by atoms with Crippen molar-refractivity contribution in [1.29, 1.82) is 0 Å². The molecule has 8 aromatic carbocycles. The van der Waals surface area contributed by atoms with Crippen LogP contribution in [0.3, 0.4) is 0 Å². The average molecular weight is 770 g/mol. The summed E-state index contributed by atoms with van der Waals surface area (Å²) >= 11 is 0. The molecule has 0 radical (unpaired) electrons. The number of nitrogens with zero attached hydrogens (tertiary/aromatic N) is 3. The minimum absolute atomic E-state index is 0.0619. The fourth-order valence-electron chi connectivity index (χ4n) is 10.1. The number of ether oxygens (including phenoxy) is 1. The maximum Gasteiger partial charge on any atom is 0.164 e. The first-order valence-electron chi connectivity index (χ1n) is 20.8. The molecule has 0 saturated carbocycles. The van der Waals surface area contributed by atoms with Crippen LogP contribution in [0.2, 0.25) is 0 Å². The van der Waals surface area contributed by atoms with E-state index in [4.69, 9.17) is 19.7 Å².